The van der Waals surface area contributed by atoms with Crippen molar-refractivity contribution in [3.63, 3.8) is 0 Å². The van der Waals surface area contributed by atoms with Gasteiger partial charge in [0.25, 0.3) is 0 Å². The number of nitrogens with zero attached hydrogens (tertiary/aromatic N) is 1. The van der Waals surface area contributed by atoms with Crippen molar-refractivity contribution in [1.82, 2.24) is 0 Å². The summed E-state index contributed by atoms with van der Waals surface area (Å²) in [7, 11) is 0. The number of amides is 1. The molecule has 0 unspecified atom stereocenters. The molecule has 0 fully saturated rings. The predicted octanol–water partition coefficient (Wildman–Crippen LogP) is 2.20. The van der Waals surface area contributed by atoms with Crippen LogP contribution >= 0.6 is 0 Å². The average Bonchev–Trinajstić information content (AvgIpc) is 2.23. The summed E-state index contributed by atoms with van der Waals surface area (Å²) in [5.41, 5.74) is 1.45. The summed E-state index contributed by atoms with van der Waals surface area (Å²) in [6, 6.07) is 5.06. The smallest absolute Gasteiger partial charge is 0.221 e. The highest BCUT2D eigenvalue weighted by Gasteiger charge is 2.08. The topological polar surface area (TPSA) is 52.6 Å². The highest BCUT2D eigenvalue weighted by molar-refractivity contribution is 5.89. The second kappa shape index (κ2) is 5.39. The number of phenolic OH excluding ortho intramolecular Hbond substituents is 1. The lowest BCUT2D eigenvalue weighted by atomic mass is 10.2. The highest BCUT2D eigenvalue weighted by atomic mass is 16.3. The van der Waals surface area contributed by atoms with E-state index in [2.05, 4.69) is 5.32 Å². The molecule has 0 aliphatic carbocycles. The number of hydrogen-bond acceptors (Lipinski definition) is 3. The van der Waals surface area contributed by atoms with Crippen molar-refractivity contribution in [1.29, 1.82) is 0 Å². The Morgan fingerprint density at radius 2 is 2.00 bits per heavy atom. The Labute approximate surface area is 95.9 Å². The van der Waals surface area contributed by atoms with Gasteiger partial charge in [0, 0.05) is 25.7 Å². The normalized spacial score (nSPS) is 9.94. The van der Waals surface area contributed by atoms with E-state index in [1.807, 2.05) is 18.7 Å². The molecule has 16 heavy (non-hydrogen) atoms. The lowest BCUT2D eigenvalue weighted by molar-refractivity contribution is -0.114. The van der Waals surface area contributed by atoms with Crippen LogP contribution in [0.4, 0.5) is 11.4 Å². The van der Waals surface area contributed by atoms with E-state index in [1.54, 1.807) is 18.2 Å². The first-order valence-electron chi connectivity index (χ1n) is 5.44. The van der Waals surface area contributed by atoms with Crippen molar-refractivity contribution in [3.8, 4) is 5.75 Å². The number of hydrogen-bond donors (Lipinski definition) is 2. The summed E-state index contributed by atoms with van der Waals surface area (Å²) < 4.78 is 0. The average molecular weight is 222 g/mol. The molecule has 0 aliphatic heterocycles. The third-order valence-corrected chi connectivity index (χ3v) is 2.40. The number of carbonyl (C=O) groups is 1. The quantitative estimate of drug-likeness (QED) is 0.768. The van der Waals surface area contributed by atoms with Crippen molar-refractivity contribution in [2.24, 2.45) is 0 Å². The number of rotatable bonds is 4. The fourth-order valence-corrected chi connectivity index (χ4v) is 1.62. The van der Waals surface area contributed by atoms with E-state index in [1.165, 1.54) is 6.92 Å². The van der Waals surface area contributed by atoms with Gasteiger partial charge in [-0.1, -0.05) is 0 Å². The molecule has 0 saturated heterocycles. The van der Waals surface area contributed by atoms with E-state index in [4.69, 9.17) is 0 Å². The van der Waals surface area contributed by atoms with Crippen molar-refractivity contribution >= 4 is 17.3 Å². The third kappa shape index (κ3) is 2.89. The Bertz CT molecular complexity index is 373. The number of benzene rings is 1. The Hall–Kier alpha value is -1.71. The molecule has 88 valence electrons. The van der Waals surface area contributed by atoms with Crippen molar-refractivity contribution in [2.45, 2.75) is 20.8 Å². The third-order valence-electron chi connectivity index (χ3n) is 2.40. The second-order valence-electron chi connectivity index (χ2n) is 3.56. The minimum Gasteiger partial charge on any atom is -0.506 e. The molecule has 4 nitrogen and oxygen atoms in total. The minimum absolute atomic E-state index is 0.115. The van der Waals surface area contributed by atoms with Gasteiger partial charge in [-0.25, -0.2) is 0 Å². The van der Waals surface area contributed by atoms with E-state index in [0.717, 1.165) is 18.8 Å². The van der Waals surface area contributed by atoms with Crippen molar-refractivity contribution in [3.05, 3.63) is 18.2 Å². The van der Waals surface area contributed by atoms with Crippen LogP contribution in [0.1, 0.15) is 20.8 Å². The monoisotopic (exact) mass is 222 g/mol. The van der Waals surface area contributed by atoms with Gasteiger partial charge in [0.1, 0.15) is 5.75 Å². The molecule has 1 amide bonds. The molecular weight excluding hydrogens is 204 g/mol. The number of anilines is 2. The Kier molecular flexibility index (Phi) is 4.17. The molecule has 0 spiro atoms. The maximum absolute atomic E-state index is 10.9. The van der Waals surface area contributed by atoms with E-state index in [9.17, 15) is 9.90 Å². The van der Waals surface area contributed by atoms with E-state index < -0.39 is 0 Å². The first-order chi connectivity index (χ1) is 7.58. The summed E-state index contributed by atoms with van der Waals surface area (Å²) in [6.45, 7) is 7.13. The number of aromatic hydroxyl groups is 1. The summed E-state index contributed by atoms with van der Waals surface area (Å²) >= 11 is 0. The standard InChI is InChI=1S/C12H18N2O2/c1-4-14(5-2)11-8-10(13-9(3)15)6-7-12(11)16/h6-8,16H,4-5H2,1-3H3,(H,13,15). The fraction of sp³-hybridized carbons (Fsp3) is 0.417. The van der Waals surface area contributed by atoms with Gasteiger partial charge in [-0.15, -0.1) is 0 Å². The number of carbonyl (C=O) groups excluding carboxylic acids is 1. The van der Waals surface area contributed by atoms with Gasteiger partial charge in [0.2, 0.25) is 5.91 Å². The minimum atomic E-state index is -0.115. The molecule has 0 bridgehead atoms. The van der Waals surface area contributed by atoms with Crippen LogP contribution in [0.25, 0.3) is 0 Å². The molecule has 0 aliphatic rings. The molecular formula is C12H18N2O2. The van der Waals surface area contributed by atoms with Gasteiger partial charge in [-0.3, -0.25) is 4.79 Å². The summed E-state index contributed by atoms with van der Waals surface area (Å²) in [4.78, 5) is 13.0. The summed E-state index contributed by atoms with van der Waals surface area (Å²) in [5, 5.41) is 12.4. The van der Waals surface area contributed by atoms with Crippen LogP contribution < -0.4 is 10.2 Å². The molecule has 0 atom stereocenters. The summed E-state index contributed by atoms with van der Waals surface area (Å²) in [5.74, 6) is 0.119. The molecule has 1 rings (SSSR count). The maximum atomic E-state index is 10.9. The molecule has 0 saturated carbocycles. The highest BCUT2D eigenvalue weighted by Crippen LogP contribution is 2.30. The van der Waals surface area contributed by atoms with Crippen molar-refractivity contribution < 1.29 is 9.90 Å². The van der Waals surface area contributed by atoms with Crippen LogP contribution in [0.15, 0.2) is 18.2 Å². The van der Waals surface area contributed by atoms with Gasteiger partial charge in [-0.05, 0) is 32.0 Å². The first kappa shape index (κ1) is 12.4. The zero-order valence-corrected chi connectivity index (χ0v) is 9.95. The van der Waals surface area contributed by atoms with Gasteiger partial charge < -0.3 is 15.3 Å². The zero-order valence-electron chi connectivity index (χ0n) is 9.95. The predicted molar refractivity (Wildman–Crippen MR) is 66.0 cm³/mol. The molecule has 0 aromatic heterocycles. The van der Waals surface area contributed by atoms with Crippen molar-refractivity contribution in [2.75, 3.05) is 23.3 Å². The summed E-state index contributed by atoms with van der Waals surface area (Å²) in [6.07, 6.45) is 0. The maximum Gasteiger partial charge on any atom is 0.221 e. The van der Waals surface area contributed by atoms with Gasteiger partial charge in [-0.2, -0.15) is 0 Å². The van der Waals surface area contributed by atoms with Crippen LogP contribution in [0.3, 0.4) is 0 Å². The van der Waals surface area contributed by atoms with Gasteiger partial charge in [0.15, 0.2) is 0 Å². The largest absolute Gasteiger partial charge is 0.506 e. The number of phenols is 1. The lowest BCUT2D eigenvalue weighted by Crippen LogP contribution is -2.22. The fourth-order valence-electron chi connectivity index (χ4n) is 1.62. The number of nitrogens with one attached hydrogen (secondary N) is 1. The molecule has 1 aromatic carbocycles. The van der Waals surface area contributed by atoms with Gasteiger partial charge in [0.05, 0.1) is 5.69 Å². The van der Waals surface area contributed by atoms with Crippen LogP contribution in [0.5, 0.6) is 5.75 Å². The SMILES string of the molecule is CCN(CC)c1cc(NC(C)=O)ccc1O. The molecule has 1 aromatic rings. The lowest BCUT2D eigenvalue weighted by Gasteiger charge is -2.22. The molecule has 2 N–H and O–H groups in total. The molecule has 0 radical (unpaired) electrons. The second-order valence-corrected chi connectivity index (χ2v) is 3.56. The first-order valence-corrected chi connectivity index (χ1v) is 5.44. The van der Waals surface area contributed by atoms with Crippen LogP contribution in [-0.2, 0) is 4.79 Å². The van der Waals surface area contributed by atoms with Gasteiger partial charge >= 0.3 is 0 Å². The Balaban J connectivity index is 3.02. The Morgan fingerprint density at radius 1 is 1.38 bits per heavy atom. The van der Waals surface area contributed by atoms with Crippen LogP contribution in [0, 0.1) is 0 Å². The molecule has 0 heterocycles. The van der Waals surface area contributed by atoms with Crippen LogP contribution in [-0.4, -0.2) is 24.1 Å². The van der Waals surface area contributed by atoms with E-state index in [0.29, 0.717) is 5.69 Å². The zero-order chi connectivity index (χ0) is 12.1. The van der Waals surface area contributed by atoms with E-state index >= 15 is 0 Å². The van der Waals surface area contributed by atoms with Crippen LogP contribution in [0.2, 0.25) is 0 Å². The molecule has 4 heteroatoms. The van der Waals surface area contributed by atoms with E-state index in [-0.39, 0.29) is 11.7 Å². The Morgan fingerprint density at radius 3 is 2.50 bits per heavy atom.